The van der Waals surface area contributed by atoms with Crippen LogP contribution in [0.4, 0.5) is 5.69 Å². The smallest absolute Gasteiger partial charge is 0.231 e. The van der Waals surface area contributed by atoms with Gasteiger partial charge in [-0.25, -0.2) is 0 Å². The Labute approximate surface area is 158 Å². The van der Waals surface area contributed by atoms with E-state index in [9.17, 15) is 4.79 Å². The predicted molar refractivity (Wildman–Crippen MR) is 102 cm³/mol. The zero-order valence-corrected chi connectivity index (χ0v) is 15.1. The third kappa shape index (κ3) is 4.06. The molecule has 1 amide bonds. The van der Waals surface area contributed by atoms with Crippen LogP contribution in [0, 0.1) is 17.2 Å². The van der Waals surface area contributed by atoms with Crippen LogP contribution in [0.3, 0.4) is 0 Å². The van der Waals surface area contributed by atoms with Crippen LogP contribution in [-0.2, 0) is 4.79 Å². The normalized spacial score (nSPS) is 20.7. The number of ether oxygens (including phenoxy) is 2. The second-order valence-corrected chi connectivity index (χ2v) is 7.27. The number of hydrogen-bond donors (Lipinski definition) is 1. The summed E-state index contributed by atoms with van der Waals surface area (Å²) in [5, 5.41) is 11.8. The number of carbonyl (C=O) groups is 1. The summed E-state index contributed by atoms with van der Waals surface area (Å²) in [7, 11) is 0. The van der Waals surface area contributed by atoms with E-state index in [1.165, 1.54) is 5.56 Å². The lowest BCUT2D eigenvalue weighted by molar-refractivity contribution is -0.117. The summed E-state index contributed by atoms with van der Waals surface area (Å²) in [6, 6.07) is 15.3. The number of hydrogen-bond acceptors (Lipinski definition) is 4. The maximum atomic E-state index is 12.3. The van der Waals surface area contributed by atoms with E-state index < -0.39 is 0 Å². The fourth-order valence-corrected chi connectivity index (χ4v) is 3.97. The van der Waals surface area contributed by atoms with Crippen LogP contribution in [0.1, 0.15) is 49.1 Å². The Morgan fingerprint density at radius 2 is 1.78 bits per heavy atom. The van der Waals surface area contributed by atoms with Crippen LogP contribution in [0.15, 0.2) is 42.5 Å². The molecule has 1 heterocycles. The monoisotopic (exact) mass is 362 g/mol. The van der Waals surface area contributed by atoms with E-state index in [2.05, 4.69) is 23.5 Å². The zero-order chi connectivity index (χ0) is 18.6. The van der Waals surface area contributed by atoms with Gasteiger partial charge in [-0.1, -0.05) is 6.07 Å². The van der Waals surface area contributed by atoms with E-state index in [1.54, 1.807) is 24.3 Å². The van der Waals surface area contributed by atoms with Gasteiger partial charge in [-0.15, -0.1) is 0 Å². The van der Waals surface area contributed by atoms with E-state index in [1.807, 2.05) is 6.07 Å². The molecule has 5 nitrogen and oxygen atoms in total. The number of carbonyl (C=O) groups excluding carboxylic acids is 1. The van der Waals surface area contributed by atoms with Crippen molar-refractivity contribution in [2.24, 2.45) is 5.92 Å². The number of nitrogens with zero attached hydrogens (tertiary/aromatic N) is 1. The molecule has 1 N–H and O–H groups in total. The van der Waals surface area contributed by atoms with Gasteiger partial charge in [-0.05, 0) is 79.5 Å². The van der Waals surface area contributed by atoms with Gasteiger partial charge in [0.05, 0.1) is 11.6 Å². The fourth-order valence-electron chi connectivity index (χ4n) is 3.97. The Kier molecular flexibility index (Phi) is 4.97. The molecule has 0 saturated heterocycles. The van der Waals surface area contributed by atoms with Crippen molar-refractivity contribution in [1.82, 2.24) is 0 Å². The minimum atomic E-state index is 0.0474. The summed E-state index contributed by atoms with van der Waals surface area (Å²) in [6.07, 6.45) is 4.84. The molecule has 0 radical (unpaired) electrons. The van der Waals surface area contributed by atoms with Crippen molar-refractivity contribution >= 4 is 11.6 Å². The largest absolute Gasteiger partial charge is 0.454 e. The van der Waals surface area contributed by atoms with Crippen LogP contribution in [-0.4, -0.2) is 12.7 Å². The van der Waals surface area contributed by atoms with E-state index in [4.69, 9.17) is 14.7 Å². The highest BCUT2D eigenvalue weighted by Gasteiger charge is 2.25. The summed E-state index contributed by atoms with van der Waals surface area (Å²) < 4.78 is 10.9. The van der Waals surface area contributed by atoms with Crippen LogP contribution in [0.2, 0.25) is 0 Å². The van der Waals surface area contributed by atoms with Crippen LogP contribution in [0.25, 0.3) is 0 Å². The summed E-state index contributed by atoms with van der Waals surface area (Å²) in [4.78, 5) is 12.3. The van der Waals surface area contributed by atoms with Gasteiger partial charge in [0, 0.05) is 12.1 Å². The molecule has 0 unspecified atom stereocenters. The van der Waals surface area contributed by atoms with Crippen molar-refractivity contribution in [1.29, 1.82) is 5.26 Å². The first-order valence-electron chi connectivity index (χ1n) is 9.41. The van der Waals surface area contributed by atoms with Gasteiger partial charge in [-0.2, -0.15) is 5.26 Å². The van der Waals surface area contributed by atoms with Gasteiger partial charge in [0.15, 0.2) is 11.5 Å². The average Bonchev–Trinajstić information content (AvgIpc) is 3.17. The molecule has 0 atom stereocenters. The van der Waals surface area contributed by atoms with Gasteiger partial charge in [0.1, 0.15) is 0 Å². The molecule has 5 heteroatoms. The standard InChI is InChI=1S/C22H22N2O3/c23-13-16-3-8-19(9-4-16)24-22(25)11-15-1-5-17(6-2-15)18-7-10-20-21(12-18)27-14-26-20/h3-4,7-10,12,15,17H,1-2,5-6,11,14H2,(H,24,25). The summed E-state index contributed by atoms with van der Waals surface area (Å²) in [5.41, 5.74) is 2.64. The molecule has 4 rings (SSSR count). The number of rotatable bonds is 4. The third-order valence-electron chi connectivity index (χ3n) is 5.49. The summed E-state index contributed by atoms with van der Waals surface area (Å²) >= 11 is 0. The Morgan fingerprint density at radius 1 is 1.04 bits per heavy atom. The molecule has 2 aromatic carbocycles. The molecule has 138 valence electrons. The predicted octanol–water partition coefficient (Wildman–Crippen LogP) is 4.59. The molecule has 1 aliphatic heterocycles. The van der Waals surface area contributed by atoms with Crippen molar-refractivity contribution in [3.8, 4) is 17.6 Å². The van der Waals surface area contributed by atoms with Crippen molar-refractivity contribution in [2.45, 2.75) is 38.0 Å². The number of benzene rings is 2. The molecule has 0 aromatic heterocycles. The van der Waals surface area contributed by atoms with Crippen molar-refractivity contribution < 1.29 is 14.3 Å². The highest BCUT2D eigenvalue weighted by atomic mass is 16.7. The Bertz CT molecular complexity index is 862. The topological polar surface area (TPSA) is 71.4 Å². The van der Waals surface area contributed by atoms with Crippen LogP contribution >= 0.6 is 0 Å². The number of anilines is 1. The lowest BCUT2D eigenvalue weighted by atomic mass is 9.77. The molecule has 1 saturated carbocycles. The fraction of sp³-hybridized carbons (Fsp3) is 0.364. The first kappa shape index (κ1) is 17.4. The molecule has 27 heavy (non-hydrogen) atoms. The molecule has 0 bridgehead atoms. The summed E-state index contributed by atoms with van der Waals surface area (Å²) in [6.45, 7) is 0.305. The van der Waals surface area contributed by atoms with Gasteiger partial charge in [0.2, 0.25) is 12.7 Å². The second-order valence-electron chi connectivity index (χ2n) is 7.27. The first-order valence-corrected chi connectivity index (χ1v) is 9.41. The molecular formula is C22H22N2O3. The van der Waals surface area contributed by atoms with Gasteiger partial charge >= 0.3 is 0 Å². The quantitative estimate of drug-likeness (QED) is 0.863. The van der Waals surface area contributed by atoms with Gasteiger partial charge in [-0.3, -0.25) is 4.79 Å². The molecule has 2 aliphatic rings. The first-order chi connectivity index (χ1) is 13.2. The third-order valence-corrected chi connectivity index (χ3v) is 5.49. The number of nitriles is 1. The number of fused-ring (bicyclic) bond motifs is 1. The van der Waals surface area contributed by atoms with Crippen LogP contribution < -0.4 is 14.8 Å². The summed E-state index contributed by atoms with van der Waals surface area (Å²) in [5.74, 6) is 2.67. The molecule has 1 fully saturated rings. The van der Waals surface area contributed by atoms with Gasteiger partial charge < -0.3 is 14.8 Å². The Morgan fingerprint density at radius 3 is 2.52 bits per heavy atom. The second kappa shape index (κ2) is 7.71. The van der Waals surface area contributed by atoms with E-state index >= 15 is 0 Å². The SMILES string of the molecule is N#Cc1ccc(NC(=O)CC2CCC(c3ccc4c(c3)OCO4)CC2)cc1. The van der Waals surface area contributed by atoms with Crippen molar-refractivity contribution in [2.75, 3.05) is 12.1 Å². The Hall–Kier alpha value is -3.00. The molecule has 0 spiro atoms. The lowest BCUT2D eigenvalue weighted by Crippen LogP contribution is -2.20. The maximum absolute atomic E-state index is 12.3. The highest BCUT2D eigenvalue weighted by molar-refractivity contribution is 5.90. The van der Waals surface area contributed by atoms with E-state index in [-0.39, 0.29) is 5.91 Å². The number of nitrogens with one attached hydrogen (secondary N) is 1. The lowest BCUT2D eigenvalue weighted by Gasteiger charge is -2.28. The minimum Gasteiger partial charge on any atom is -0.454 e. The Balaban J connectivity index is 1.27. The minimum absolute atomic E-state index is 0.0474. The average molecular weight is 362 g/mol. The number of amides is 1. The van der Waals surface area contributed by atoms with Crippen LogP contribution in [0.5, 0.6) is 11.5 Å². The molecule has 1 aliphatic carbocycles. The molecule has 2 aromatic rings. The molecular weight excluding hydrogens is 340 g/mol. The zero-order valence-electron chi connectivity index (χ0n) is 15.1. The maximum Gasteiger partial charge on any atom is 0.231 e. The highest BCUT2D eigenvalue weighted by Crippen LogP contribution is 2.41. The van der Waals surface area contributed by atoms with E-state index in [0.29, 0.717) is 30.6 Å². The van der Waals surface area contributed by atoms with E-state index in [0.717, 1.165) is 42.9 Å². The van der Waals surface area contributed by atoms with Gasteiger partial charge in [0.25, 0.3) is 0 Å². The van der Waals surface area contributed by atoms with Crippen molar-refractivity contribution in [3.63, 3.8) is 0 Å². The van der Waals surface area contributed by atoms with Crippen molar-refractivity contribution in [3.05, 3.63) is 53.6 Å².